The number of hydrogen-bond donors (Lipinski definition) is 0. The van der Waals surface area contributed by atoms with Gasteiger partial charge < -0.3 is 9.53 Å². The van der Waals surface area contributed by atoms with Gasteiger partial charge in [0, 0.05) is 5.92 Å². The highest BCUT2D eigenvalue weighted by molar-refractivity contribution is 5.57. The molecule has 0 aliphatic carbocycles. The fourth-order valence-corrected chi connectivity index (χ4v) is 0.573. The summed E-state index contributed by atoms with van der Waals surface area (Å²) in [6, 6.07) is 0. The SMILES string of the molecule is CC1COC1C=O. The number of rotatable bonds is 1. The molecule has 1 saturated heterocycles. The molecule has 2 unspecified atom stereocenters. The van der Waals surface area contributed by atoms with E-state index in [0.717, 1.165) is 12.9 Å². The Kier molecular flexibility index (Phi) is 1.11. The van der Waals surface area contributed by atoms with Crippen LogP contribution in [0, 0.1) is 5.92 Å². The Morgan fingerprint density at radius 2 is 2.57 bits per heavy atom. The topological polar surface area (TPSA) is 26.3 Å². The minimum atomic E-state index is -0.0972. The van der Waals surface area contributed by atoms with Crippen LogP contribution in [0.5, 0.6) is 0 Å². The number of aldehydes is 1. The van der Waals surface area contributed by atoms with Crippen molar-refractivity contribution in [3.8, 4) is 0 Å². The first kappa shape index (κ1) is 4.78. The van der Waals surface area contributed by atoms with Crippen LogP contribution in [0.1, 0.15) is 6.92 Å². The van der Waals surface area contributed by atoms with Gasteiger partial charge in [-0.25, -0.2) is 0 Å². The van der Waals surface area contributed by atoms with Gasteiger partial charge in [-0.1, -0.05) is 6.92 Å². The molecule has 2 nitrogen and oxygen atoms in total. The molecule has 1 rings (SSSR count). The molecule has 0 radical (unpaired) electrons. The summed E-state index contributed by atoms with van der Waals surface area (Å²) >= 11 is 0. The van der Waals surface area contributed by atoms with Gasteiger partial charge >= 0.3 is 0 Å². The lowest BCUT2D eigenvalue weighted by Crippen LogP contribution is -2.38. The Bertz CT molecular complexity index is 80.1. The highest BCUT2D eigenvalue weighted by Gasteiger charge is 2.26. The summed E-state index contributed by atoms with van der Waals surface area (Å²) in [6.45, 7) is 2.76. The van der Waals surface area contributed by atoms with E-state index in [1.807, 2.05) is 6.92 Å². The minimum Gasteiger partial charge on any atom is -0.370 e. The Morgan fingerprint density at radius 1 is 1.86 bits per heavy atom. The number of carbonyl (C=O) groups is 1. The van der Waals surface area contributed by atoms with Gasteiger partial charge in [0.15, 0.2) is 0 Å². The van der Waals surface area contributed by atoms with Crippen LogP contribution in [-0.4, -0.2) is 19.0 Å². The minimum absolute atomic E-state index is 0.0972. The van der Waals surface area contributed by atoms with Crippen molar-refractivity contribution in [3.05, 3.63) is 0 Å². The summed E-state index contributed by atoms with van der Waals surface area (Å²) in [5.74, 6) is 0.456. The summed E-state index contributed by atoms with van der Waals surface area (Å²) < 4.78 is 4.82. The molecule has 0 saturated carbocycles. The second-order valence-corrected chi connectivity index (χ2v) is 1.91. The second kappa shape index (κ2) is 1.62. The number of ether oxygens (including phenoxy) is 1. The predicted octanol–water partition coefficient (Wildman–Crippen LogP) is 0.220. The van der Waals surface area contributed by atoms with E-state index in [2.05, 4.69) is 0 Å². The van der Waals surface area contributed by atoms with Gasteiger partial charge in [0.1, 0.15) is 12.4 Å². The van der Waals surface area contributed by atoms with Gasteiger partial charge in [0.05, 0.1) is 6.61 Å². The summed E-state index contributed by atoms with van der Waals surface area (Å²) in [5.41, 5.74) is 0. The van der Waals surface area contributed by atoms with Crippen molar-refractivity contribution in [2.45, 2.75) is 13.0 Å². The first-order valence-electron chi connectivity index (χ1n) is 2.41. The third-order valence-corrected chi connectivity index (χ3v) is 1.25. The molecule has 1 fully saturated rings. The van der Waals surface area contributed by atoms with Crippen molar-refractivity contribution < 1.29 is 9.53 Å². The Hall–Kier alpha value is -0.370. The summed E-state index contributed by atoms with van der Waals surface area (Å²) in [6.07, 6.45) is 0.758. The molecular formula is C5H8O2. The molecule has 1 aliphatic heterocycles. The molecule has 40 valence electrons. The van der Waals surface area contributed by atoms with E-state index in [9.17, 15) is 4.79 Å². The number of carbonyl (C=O) groups excluding carboxylic acids is 1. The molecular weight excluding hydrogens is 92.1 g/mol. The van der Waals surface area contributed by atoms with Crippen LogP contribution < -0.4 is 0 Å². The maximum Gasteiger partial charge on any atom is 0.149 e. The predicted molar refractivity (Wildman–Crippen MR) is 25.0 cm³/mol. The quantitative estimate of drug-likeness (QED) is 0.440. The average Bonchev–Trinajstić information content (AvgIpc) is 1.65. The lowest BCUT2D eigenvalue weighted by atomic mass is 10.0. The smallest absolute Gasteiger partial charge is 0.149 e. The molecule has 0 aromatic heterocycles. The molecule has 2 heteroatoms. The standard InChI is InChI=1S/C5H8O2/c1-4-3-7-5(4)2-6/h2,4-5H,3H2,1H3. The van der Waals surface area contributed by atoms with Crippen molar-refractivity contribution in [1.82, 2.24) is 0 Å². The molecule has 0 spiro atoms. The molecule has 1 aliphatic rings. The maximum absolute atomic E-state index is 9.87. The Balaban J connectivity index is 2.28. The lowest BCUT2D eigenvalue weighted by molar-refractivity contribution is -0.142. The molecule has 0 aromatic carbocycles. The maximum atomic E-state index is 9.87. The summed E-state index contributed by atoms with van der Waals surface area (Å²) in [5, 5.41) is 0. The van der Waals surface area contributed by atoms with Crippen molar-refractivity contribution in [2.24, 2.45) is 5.92 Å². The Morgan fingerprint density at radius 3 is 2.57 bits per heavy atom. The van der Waals surface area contributed by atoms with Crippen LogP contribution in [0.25, 0.3) is 0 Å². The monoisotopic (exact) mass is 100 g/mol. The zero-order valence-electron chi connectivity index (χ0n) is 4.26. The molecule has 7 heavy (non-hydrogen) atoms. The van der Waals surface area contributed by atoms with Crippen LogP contribution in [0.2, 0.25) is 0 Å². The Labute approximate surface area is 42.5 Å². The van der Waals surface area contributed by atoms with E-state index >= 15 is 0 Å². The summed E-state index contributed by atoms with van der Waals surface area (Å²) in [4.78, 5) is 9.87. The lowest BCUT2D eigenvalue weighted by Gasteiger charge is -2.29. The number of hydrogen-bond acceptors (Lipinski definition) is 2. The molecule has 0 amide bonds. The van der Waals surface area contributed by atoms with E-state index < -0.39 is 0 Å². The third-order valence-electron chi connectivity index (χ3n) is 1.25. The largest absolute Gasteiger partial charge is 0.370 e. The van der Waals surface area contributed by atoms with E-state index in [0.29, 0.717) is 5.92 Å². The average molecular weight is 100 g/mol. The van der Waals surface area contributed by atoms with Gasteiger partial charge in [-0.05, 0) is 0 Å². The van der Waals surface area contributed by atoms with Crippen LogP contribution in [0.15, 0.2) is 0 Å². The van der Waals surface area contributed by atoms with Gasteiger partial charge in [-0.15, -0.1) is 0 Å². The molecule has 0 bridgehead atoms. The van der Waals surface area contributed by atoms with Crippen molar-refractivity contribution in [2.75, 3.05) is 6.61 Å². The van der Waals surface area contributed by atoms with Crippen LogP contribution >= 0.6 is 0 Å². The first-order valence-corrected chi connectivity index (χ1v) is 2.41. The molecule has 1 heterocycles. The highest BCUT2D eigenvalue weighted by Crippen LogP contribution is 2.16. The van der Waals surface area contributed by atoms with Gasteiger partial charge in [0.2, 0.25) is 0 Å². The summed E-state index contributed by atoms with van der Waals surface area (Å²) in [7, 11) is 0. The zero-order valence-corrected chi connectivity index (χ0v) is 4.26. The second-order valence-electron chi connectivity index (χ2n) is 1.91. The van der Waals surface area contributed by atoms with E-state index in [1.54, 1.807) is 0 Å². The van der Waals surface area contributed by atoms with Crippen molar-refractivity contribution in [3.63, 3.8) is 0 Å². The van der Waals surface area contributed by atoms with Crippen LogP contribution in [0.3, 0.4) is 0 Å². The molecule has 2 atom stereocenters. The van der Waals surface area contributed by atoms with Gasteiger partial charge in [0.25, 0.3) is 0 Å². The fourth-order valence-electron chi connectivity index (χ4n) is 0.573. The first-order chi connectivity index (χ1) is 3.34. The van der Waals surface area contributed by atoms with Crippen LogP contribution in [0.4, 0.5) is 0 Å². The van der Waals surface area contributed by atoms with Crippen molar-refractivity contribution >= 4 is 6.29 Å². The van der Waals surface area contributed by atoms with Gasteiger partial charge in [-0.2, -0.15) is 0 Å². The van der Waals surface area contributed by atoms with Crippen LogP contribution in [-0.2, 0) is 9.53 Å². The van der Waals surface area contributed by atoms with E-state index in [1.165, 1.54) is 0 Å². The van der Waals surface area contributed by atoms with Gasteiger partial charge in [-0.3, -0.25) is 0 Å². The fraction of sp³-hybridized carbons (Fsp3) is 0.800. The van der Waals surface area contributed by atoms with Crippen molar-refractivity contribution in [1.29, 1.82) is 0 Å². The molecule has 0 N–H and O–H groups in total. The van der Waals surface area contributed by atoms with E-state index in [-0.39, 0.29) is 6.10 Å². The zero-order chi connectivity index (χ0) is 5.28. The van der Waals surface area contributed by atoms with E-state index in [4.69, 9.17) is 4.74 Å². The normalized spacial score (nSPS) is 39.6. The third kappa shape index (κ3) is 0.657. The highest BCUT2D eigenvalue weighted by atomic mass is 16.5. The molecule has 0 aromatic rings.